The molecule has 0 spiro atoms. The summed E-state index contributed by atoms with van der Waals surface area (Å²) < 4.78 is 0. The fraction of sp³-hybridized carbons (Fsp3) is 0.909. The van der Waals surface area contributed by atoms with E-state index in [1.807, 2.05) is 4.90 Å². The molecule has 14 heavy (non-hydrogen) atoms. The molecule has 0 bridgehead atoms. The Morgan fingerprint density at radius 1 is 1.50 bits per heavy atom. The first kappa shape index (κ1) is 9.97. The van der Waals surface area contributed by atoms with Gasteiger partial charge in [-0.1, -0.05) is 6.42 Å². The summed E-state index contributed by atoms with van der Waals surface area (Å²) in [6, 6.07) is 0.437. The topological polar surface area (TPSA) is 46.3 Å². The van der Waals surface area contributed by atoms with E-state index in [0.29, 0.717) is 18.5 Å². The van der Waals surface area contributed by atoms with Crippen molar-refractivity contribution in [1.82, 2.24) is 4.90 Å². The predicted molar refractivity (Wildman–Crippen MR) is 55.7 cm³/mol. The summed E-state index contributed by atoms with van der Waals surface area (Å²) in [7, 11) is 0. The third kappa shape index (κ3) is 1.34. The van der Waals surface area contributed by atoms with Gasteiger partial charge in [0.15, 0.2) is 0 Å². The monoisotopic (exact) mass is 196 g/mol. The van der Waals surface area contributed by atoms with Crippen LogP contribution in [-0.2, 0) is 4.79 Å². The highest BCUT2D eigenvalue weighted by molar-refractivity contribution is 5.84. The Hall–Kier alpha value is -0.570. The summed E-state index contributed by atoms with van der Waals surface area (Å²) in [5, 5.41) is 0. The maximum Gasteiger partial charge on any atom is 0.230 e. The molecule has 2 fully saturated rings. The van der Waals surface area contributed by atoms with Gasteiger partial charge in [0.25, 0.3) is 0 Å². The second kappa shape index (κ2) is 3.54. The average molecular weight is 196 g/mol. The first-order valence-electron chi connectivity index (χ1n) is 5.71. The molecular formula is C11H20N2O. The lowest BCUT2D eigenvalue weighted by molar-refractivity contribution is -0.147. The summed E-state index contributed by atoms with van der Waals surface area (Å²) in [5.41, 5.74) is 5.57. The third-order valence-electron chi connectivity index (χ3n) is 3.97. The molecule has 1 saturated heterocycles. The van der Waals surface area contributed by atoms with E-state index < -0.39 is 0 Å². The van der Waals surface area contributed by atoms with Crippen LogP contribution in [0, 0.1) is 5.41 Å². The summed E-state index contributed by atoms with van der Waals surface area (Å²) in [4.78, 5) is 14.3. The maximum atomic E-state index is 12.2. The van der Waals surface area contributed by atoms with Crippen LogP contribution in [0.1, 0.15) is 39.0 Å². The summed E-state index contributed by atoms with van der Waals surface area (Å²) in [6.45, 7) is 3.63. The van der Waals surface area contributed by atoms with Crippen molar-refractivity contribution in [3.05, 3.63) is 0 Å². The number of nitrogens with zero attached hydrogens (tertiary/aromatic N) is 1. The molecule has 2 rings (SSSR count). The van der Waals surface area contributed by atoms with E-state index in [0.717, 1.165) is 32.2 Å². The van der Waals surface area contributed by atoms with E-state index in [2.05, 4.69) is 6.92 Å². The van der Waals surface area contributed by atoms with Crippen LogP contribution < -0.4 is 5.73 Å². The van der Waals surface area contributed by atoms with Gasteiger partial charge in [-0.2, -0.15) is 0 Å². The Morgan fingerprint density at radius 2 is 2.21 bits per heavy atom. The van der Waals surface area contributed by atoms with E-state index in [9.17, 15) is 4.79 Å². The largest absolute Gasteiger partial charge is 0.339 e. The number of carbonyl (C=O) groups is 1. The summed E-state index contributed by atoms with van der Waals surface area (Å²) >= 11 is 0. The average Bonchev–Trinajstić information content (AvgIpc) is 2.50. The molecule has 0 aromatic heterocycles. The van der Waals surface area contributed by atoms with Gasteiger partial charge in [0, 0.05) is 19.1 Å². The van der Waals surface area contributed by atoms with Gasteiger partial charge in [-0.05, 0) is 32.6 Å². The fourth-order valence-electron chi connectivity index (χ4n) is 2.65. The standard InChI is InChI=1S/C11H20N2O/c1-9-4-2-7-13(9)10(14)11(8-12)5-3-6-11/h9H,2-8,12H2,1H3. The molecule has 2 aliphatic rings. The Kier molecular flexibility index (Phi) is 2.52. The van der Waals surface area contributed by atoms with Gasteiger partial charge in [-0.15, -0.1) is 0 Å². The van der Waals surface area contributed by atoms with Crippen molar-refractivity contribution in [2.75, 3.05) is 13.1 Å². The number of rotatable bonds is 2. The zero-order chi connectivity index (χ0) is 10.2. The predicted octanol–water partition coefficient (Wildman–Crippen LogP) is 1.13. The molecule has 0 radical (unpaired) electrons. The van der Waals surface area contributed by atoms with E-state index in [-0.39, 0.29) is 5.41 Å². The third-order valence-corrected chi connectivity index (χ3v) is 3.97. The number of carbonyl (C=O) groups excluding carboxylic acids is 1. The maximum absolute atomic E-state index is 12.2. The van der Waals surface area contributed by atoms with Gasteiger partial charge in [-0.3, -0.25) is 4.79 Å². The van der Waals surface area contributed by atoms with Gasteiger partial charge in [0.05, 0.1) is 5.41 Å². The molecular weight excluding hydrogens is 176 g/mol. The van der Waals surface area contributed by atoms with Crippen molar-refractivity contribution < 1.29 is 4.79 Å². The van der Waals surface area contributed by atoms with Crippen molar-refractivity contribution >= 4 is 5.91 Å². The van der Waals surface area contributed by atoms with Gasteiger partial charge >= 0.3 is 0 Å². The second-order valence-corrected chi connectivity index (χ2v) is 4.83. The molecule has 0 aromatic rings. The molecule has 0 aromatic carbocycles. The number of likely N-dealkylation sites (tertiary alicyclic amines) is 1. The quantitative estimate of drug-likeness (QED) is 0.719. The molecule has 1 atom stereocenters. The van der Waals surface area contributed by atoms with E-state index >= 15 is 0 Å². The molecule has 1 unspecified atom stereocenters. The van der Waals surface area contributed by atoms with E-state index in [1.165, 1.54) is 6.42 Å². The highest BCUT2D eigenvalue weighted by Crippen LogP contribution is 2.42. The number of amides is 1. The van der Waals surface area contributed by atoms with Crippen LogP contribution in [0.5, 0.6) is 0 Å². The SMILES string of the molecule is CC1CCCN1C(=O)C1(CN)CCC1. The normalized spacial score (nSPS) is 30.1. The zero-order valence-electron chi connectivity index (χ0n) is 8.96. The van der Waals surface area contributed by atoms with Gasteiger partial charge in [0.1, 0.15) is 0 Å². The lowest BCUT2D eigenvalue weighted by atomic mass is 9.67. The second-order valence-electron chi connectivity index (χ2n) is 4.83. The molecule has 80 valence electrons. The Bertz CT molecular complexity index is 230. The van der Waals surface area contributed by atoms with Crippen molar-refractivity contribution in [1.29, 1.82) is 0 Å². The summed E-state index contributed by atoms with van der Waals surface area (Å²) in [6.07, 6.45) is 5.50. The first-order valence-corrected chi connectivity index (χ1v) is 5.71. The van der Waals surface area contributed by atoms with Gasteiger partial charge in [0.2, 0.25) is 5.91 Å². The van der Waals surface area contributed by atoms with Crippen LogP contribution >= 0.6 is 0 Å². The van der Waals surface area contributed by atoms with Gasteiger partial charge in [-0.25, -0.2) is 0 Å². The molecule has 3 heteroatoms. The molecule has 1 saturated carbocycles. The lowest BCUT2D eigenvalue weighted by Gasteiger charge is -2.42. The number of hydrogen-bond donors (Lipinski definition) is 1. The van der Waals surface area contributed by atoms with Crippen LogP contribution in [0.25, 0.3) is 0 Å². The van der Waals surface area contributed by atoms with Crippen LogP contribution in [-0.4, -0.2) is 29.9 Å². The van der Waals surface area contributed by atoms with Crippen molar-refractivity contribution in [2.45, 2.75) is 45.1 Å². The van der Waals surface area contributed by atoms with Crippen molar-refractivity contribution in [3.63, 3.8) is 0 Å². The minimum Gasteiger partial charge on any atom is -0.339 e. The molecule has 1 aliphatic carbocycles. The van der Waals surface area contributed by atoms with E-state index in [1.54, 1.807) is 0 Å². The van der Waals surface area contributed by atoms with Gasteiger partial charge < -0.3 is 10.6 Å². The minimum atomic E-state index is -0.168. The van der Waals surface area contributed by atoms with Crippen molar-refractivity contribution in [2.24, 2.45) is 11.1 Å². The van der Waals surface area contributed by atoms with Crippen molar-refractivity contribution in [3.8, 4) is 0 Å². The van der Waals surface area contributed by atoms with Crippen LogP contribution in [0.3, 0.4) is 0 Å². The minimum absolute atomic E-state index is 0.168. The molecule has 1 heterocycles. The number of hydrogen-bond acceptors (Lipinski definition) is 2. The van der Waals surface area contributed by atoms with Crippen LogP contribution in [0.2, 0.25) is 0 Å². The van der Waals surface area contributed by atoms with Crippen LogP contribution in [0.4, 0.5) is 0 Å². The van der Waals surface area contributed by atoms with Crippen LogP contribution in [0.15, 0.2) is 0 Å². The lowest BCUT2D eigenvalue weighted by Crippen LogP contribution is -2.52. The Labute approximate surface area is 85.6 Å². The zero-order valence-corrected chi connectivity index (χ0v) is 8.96. The summed E-state index contributed by atoms with van der Waals surface area (Å²) in [5.74, 6) is 0.330. The number of nitrogens with two attached hydrogens (primary N) is 1. The van der Waals surface area contributed by atoms with E-state index in [4.69, 9.17) is 5.73 Å². The highest BCUT2D eigenvalue weighted by Gasteiger charge is 2.46. The Balaban J connectivity index is 2.06. The first-order chi connectivity index (χ1) is 6.69. The molecule has 1 amide bonds. The fourth-order valence-corrected chi connectivity index (χ4v) is 2.65. The smallest absolute Gasteiger partial charge is 0.230 e. The Morgan fingerprint density at radius 3 is 2.57 bits per heavy atom. The molecule has 1 aliphatic heterocycles. The highest BCUT2D eigenvalue weighted by atomic mass is 16.2. The molecule has 2 N–H and O–H groups in total. The molecule has 3 nitrogen and oxygen atoms in total.